The van der Waals surface area contributed by atoms with Gasteiger partial charge >= 0.3 is 5.97 Å². The highest BCUT2D eigenvalue weighted by atomic mass is 16.5. The van der Waals surface area contributed by atoms with Gasteiger partial charge in [0, 0.05) is 24.3 Å². The molecule has 0 spiro atoms. The Hall–Kier alpha value is -2.87. The van der Waals surface area contributed by atoms with Crippen molar-refractivity contribution in [2.24, 2.45) is 0 Å². The lowest BCUT2D eigenvalue weighted by Gasteiger charge is -2.15. The van der Waals surface area contributed by atoms with E-state index in [1.807, 2.05) is 13.8 Å². The fourth-order valence-corrected chi connectivity index (χ4v) is 2.81. The van der Waals surface area contributed by atoms with E-state index in [4.69, 9.17) is 9.84 Å². The molecule has 2 rings (SSSR count). The van der Waals surface area contributed by atoms with Gasteiger partial charge in [-0.1, -0.05) is 6.92 Å². The minimum Gasteiger partial charge on any atom is -0.466 e. The van der Waals surface area contributed by atoms with Gasteiger partial charge in [-0.15, -0.1) is 0 Å². The number of hydrogen-bond donors (Lipinski definition) is 3. The molecule has 2 amide bonds. The fraction of sp³-hybridized carbons (Fsp3) is 0.421. The molecule has 8 nitrogen and oxygen atoms in total. The molecule has 0 bridgehead atoms. The van der Waals surface area contributed by atoms with Crippen LogP contribution >= 0.6 is 0 Å². The zero-order chi connectivity index (χ0) is 20.0. The third-order valence-electron chi connectivity index (χ3n) is 4.20. The summed E-state index contributed by atoms with van der Waals surface area (Å²) in [4.78, 5) is 37.7. The SMILES string of the molecule is CCCC(=O)Nc1ccc(NC2=C(C(=O)OC)CN(CCO)C2=O)cc1C. The summed E-state index contributed by atoms with van der Waals surface area (Å²) in [7, 11) is 1.25. The molecule has 0 saturated heterocycles. The monoisotopic (exact) mass is 375 g/mol. The van der Waals surface area contributed by atoms with Crippen LogP contribution in [0.4, 0.5) is 11.4 Å². The first-order chi connectivity index (χ1) is 12.9. The van der Waals surface area contributed by atoms with Crippen molar-refractivity contribution in [3.63, 3.8) is 0 Å². The van der Waals surface area contributed by atoms with Crippen molar-refractivity contribution >= 4 is 29.2 Å². The normalized spacial score (nSPS) is 13.8. The molecular formula is C19H25N3O5. The van der Waals surface area contributed by atoms with Crippen LogP contribution in [-0.4, -0.2) is 54.6 Å². The Kier molecular flexibility index (Phi) is 6.95. The topological polar surface area (TPSA) is 108 Å². The molecule has 1 aromatic carbocycles. The van der Waals surface area contributed by atoms with Gasteiger partial charge in [-0.2, -0.15) is 0 Å². The minimum atomic E-state index is -0.591. The third kappa shape index (κ3) is 4.85. The number of carbonyl (C=O) groups is 3. The molecule has 1 heterocycles. The lowest BCUT2D eigenvalue weighted by molar-refractivity contribution is -0.136. The summed E-state index contributed by atoms with van der Waals surface area (Å²) >= 11 is 0. The highest BCUT2D eigenvalue weighted by molar-refractivity contribution is 6.08. The summed E-state index contributed by atoms with van der Waals surface area (Å²) in [6, 6.07) is 5.25. The van der Waals surface area contributed by atoms with Crippen molar-refractivity contribution in [3.05, 3.63) is 35.0 Å². The highest BCUT2D eigenvalue weighted by Gasteiger charge is 2.34. The maximum atomic E-state index is 12.5. The number of amides is 2. The van der Waals surface area contributed by atoms with Gasteiger partial charge < -0.3 is 25.4 Å². The van der Waals surface area contributed by atoms with Gasteiger partial charge in [0.2, 0.25) is 5.91 Å². The second-order valence-corrected chi connectivity index (χ2v) is 6.25. The lowest BCUT2D eigenvalue weighted by atomic mass is 10.1. The number of hydrogen-bond acceptors (Lipinski definition) is 6. The number of aliphatic hydroxyl groups is 1. The van der Waals surface area contributed by atoms with E-state index in [1.165, 1.54) is 12.0 Å². The van der Waals surface area contributed by atoms with Crippen molar-refractivity contribution in [1.29, 1.82) is 0 Å². The van der Waals surface area contributed by atoms with Gasteiger partial charge in [-0.25, -0.2) is 4.79 Å². The highest BCUT2D eigenvalue weighted by Crippen LogP contribution is 2.25. The molecule has 3 N–H and O–H groups in total. The number of aliphatic hydroxyl groups excluding tert-OH is 1. The number of nitrogens with zero attached hydrogens (tertiary/aromatic N) is 1. The minimum absolute atomic E-state index is 0.0531. The van der Waals surface area contributed by atoms with Gasteiger partial charge in [0.25, 0.3) is 5.91 Å². The Labute approximate surface area is 158 Å². The molecule has 0 aliphatic carbocycles. The molecule has 8 heteroatoms. The van der Waals surface area contributed by atoms with Crippen molar-refractivity contribution in [3.8, 4) is 0 Å². The first-order valence-electron chi connectivity index (χ1n) is 8.80. The number of rotatable bonds is 8. The van der Waals surface area contributed by atoms with Gasteiger partial charge in [-0.3, -0.25) is 9.59 Å². The summed E-state index contributed by atoms with van der Waals surface area (Å²) in [5.41, 5.74) is 2.48. The van der Waals surface area contributed by atoms with Crippen molar-refractivity contribution < 1.29 is 24.2 Å². The van der Waals surface area contributed by atoms with Crippen molar-refractivity contribution in [1.82, 2.24) is 4.90 Å². The van der Waals surface area contributed by atoms with Crippen LogP contribution in [0.2, 0.25) is 0 Å². The number of esters is 1. The van der Waals surface area contributed by atoms with Crippen LogP contribution in [0.1, 0.15) is 25.3 Å². The predicted molar refractivity (Wildman–Crippen MR) is 101 cm³/mol. The maximum absolute atomic E-state index is 12.5. The average Bonchev–Trinajstić information content (AvgIpc) is 2.93. The maximum Gasteiger partial charge on any atom is 0.337 e. The number of carbonyl (C=O) groups excluding carboxylic acids is 3. The van der Waals surface area contributed by atoms with Crippen LogP contribution in [-0.2, 0) is 19.1 Å². The van der Waals surface area contributed by atoms with E-state index in [-0.39, 0.29) is 42.8 Å². The van der Waals surface area contributed by atoms with Gasteiger partial charge in [0.15, 0.2) is 0 Å². The average molecular weight is 375 g/mol. The molecule has 1 aliphatic rings. The summed E-state index contributed by atoms with van der Waals surface area (Å²) < 4.78 is 4.76. The quantitative estimate of drug-likeness (QED) is 0.593. The van der Waals surface area contributed by atoms with E-state index in [0.29, 0.717) is 17.8 Å². The first-order valence-corrected chi connectivity index (χ1v) is 8.80. The van der Waals surface area contributed by atoms with E-state index in [0.717, 1.165) is 12.0 Å². The Morgan fingerprint density at radius 3 is 2.67 bits per heavy atom. The van der Waals surface area contributed by atoms with Crippen LogP contribution in [0.25, 0.3) is 0 Å². The molecular weight excluding hydrogens is 350 g/mol. The van der Waals surface area contributed by atoms with Crippen LogP contribution in [0, 0.1) is 6.92 Å². The van der Waals surface area contributed by atoms with Gasteiger partial charge in [0.05, 0.1) is 25.8 Å². The van der Waals surface area contributed by atoms with E-state index < -0.39 is 5.97 Å². The Balaban J connectivity index is 2.22. The second-order valence-electron chi connectivity index (χ2n) is 6.25. The van der Waals surface area contributed by atoms with Crippen LogP contribution < -0.4 is 10.6 Å². The zero-order valence-electron chi connectivity index (χ0n) is 15.8. The molecule has 27 heavy (non-hydrogen) atoms. The molecule has 1 aliphatic heterocycles. The summed E-state index contributed by atoms with van der Waals surface area (Å²) in [5.74, 6) is -1.02. The molecule has 0 unspecified atom stereocenters. The van der Waals surface area contributed by atoms with Crippen molar-refractivity contribution in [2.45, 2.75) is 26.7 Å². The number of β-amino-alcohol motifs (C(OH)–C–C–N with tert-alkyl or cyclic N) is 1. The lowest BCUT2D eigenvalue weighted by Crippen LogP contribution is -2.31. The standard InChI is InChI=1S/C19H25N3O5/c1-4-5-16(24)21-15-7-6-13(10-12(15)2)20-17-14(19(26)27-3)11-22(8-9-23)18(17)25/h6-7,10,20,23H,4-5,8-9,11H2,1-3H3,(H,21,24). The van der Waals surface area contributed by atoms with Crippen LogP contribution in [0.3, 0.4) is 0 Å². The Morgan fingerprint density at radius 1 is 1.33 bits per heavy atom. The smallest absolute Gasteiger partial charge is 0.337 e. The molecule has 0 aromatic heterocycles. The molecule has 146 valence electrons. The molecule has 0 radical (unpaired) electrons. The number of methoxy groups -OCH3 is 1. The van der Waals surface area contributed by atoms with E-state index in [9.17, 15) is 14.4 Å². The Morgan fingerprint density at radius 2 is 2.07 bits per heavy atom. The number of benzene rings is 1. The first kappa shape index (κ1) is 20.4. The summed E-state index contributed by atoms with van der Waals surface area (Å²) in [5, 5.41) is 14.9. The summed E-state index contributed by atoms with van der Waals surface area (Å²) in [6.07, 6.45) is 1.21. The number of ether oxygens (including phenoxy) is 1. The van der Waals surface area contributed by atoms with Crippen LogP contribution in [0.15, 0.2) is 29.5 Å². The number of nitrogens with one attached hydrogen (secondary N) is 2. The fourth-order valence-electron chi connectivity index (χ4n) is 2.81. The zero-order valence-corrected chi connectivity index (χ0v) is 15.8. The van der Waals surface area contributed by atoms with E-state index in [2.05, 4.69) is 10.6 Å². The van der Waals surface area contributed by atoms with Crippen LogP contribution in [0.5, 0.6) is 0 Å². The largest absolute Gasteiger partial charge is 0.466 e. The number of anilines is 2. The number of aryl methyl sites for hydroxylation is 1. The molecule has 0 atom stereocenters. The molecule has 0 saturated carbocycles. The molecule has 0 fully saturated rings. The molecule has 1 aromatic rings. The Bertz CT molecular complexity index is 773. The third-order valence-corrected chi connectivity index (χ3v) is 4.20. The van der Waals surface area contributed by atoms with Gasteiger partial charge in [-0.05, 0) is 37.1 Å². The second kappa shape index (κ2) is 9.18. The predicted octanol–water partition coefficient (Wildman–Crippen LogP) is 1.41. The van der Waals surface area contributed by atoms with E-state index in [1.54, 1.807) is 18.2 Å². The summed E-state index contributed by atoms with van der Waals surface area (Å²) in [6.45, 7) is 3.80. The van der Waals surface area contributed by atoms with Gasteiger partial charge in [0.1, 0.15) is 5.70 Å². The van der Waals surface area contributed by atoms with Crippen molar-refractivity contribution in [2.75, 3.05) is 37.4 Å². The van der Waals surface area contributed by atoms with E-state index >= 15 is 0 Å².